The molecule has 0 aliphatic rings. The van der Waals surface area contributed by atoms with Crippen LogP contribution in [0.2, 0.25) is 0 Å². The number of hydrogen-bond donors (Lipinski definition) is 0. The van der Waals surface area contributed by atoms with Crippen LogP contribution in [0.4, 0.5) is 0 Å². The fraction of sp³-hybridized carbons (Fsp3) is 0.500. The lowest BCUT2D eigenvalue weighted by Crippen LogP contribution is -1.68. The van der Waals surface area contributed by atoms with Crippen molar-refractivity contribution in [3.8, 4) is 0 Å². The lowest BCUT2D eigenvalue weighted by atomic mass is 10.4. The van der Waals surface area contributed by atoms with E-state index in [-0.39, 0.29) is 0 Å². The van der Waals surface area contributed by atoms with Gasteiger partial charge >= 0.3 is 0 Å². The van der Waals surface area contributed by atoms with Crippen molar-refractivity contribution in [3.05, 3.63) is 15.8 Å². The highest BCUT2D eigenvalue weighted by Crippen LogP contribution is 2.29. The molecular weight excluding hydrogens is 160 g/mol. The molecule has 0 aliphatic heterocycles. The first kappa shape index (κ1) is 8.15. The molecule has 0 unspecified atom stereocenters. The van der Waals surface area contributed by atoms with Crippen molar-refractivity contribution in [1.82, 2.24) is 0 Å². The Hall–Kier alpha value is 0.0500. The minimum atomic E-state index is 1.18. The summed E-state index contributed by atoms with van der Waals surface area (Å²) in [6, 6.07) is 2.27. The molecule has 0 saturated heterocycles. The van der Waals surface area contributed by atoms with Gasteiger partial charge in [-0.1, -0.05) is 6.92 Å². The summed E-state index contributed by atoms with van der Waals surface area (Å²) in [5, 5.41) is 0. The van der Waals surface area contributed by atoms with Crippen molar-refractivity contribution in [2.75, 3.05) is 5.75 Å². The average Bonchev–Trinajstić information content (AvgIpc) is 2.13. The second-order valence-corrected chi connectivity index (χ2v) is 4.98. The first-order chi connectivity index (χ1) is 4.74. The van der Waals surface area contributed by atoms with Gasteiger partial charge in [-0.25, -0.2) is 0 Å². The van der Waals surface area contributed by atoms with Crippen LogP contribution in [0.5, 0.6) is 0 Å². The Kier molecular flexibility index (Phi) is 2.81. The average molecular weight is 172 g/mol. The maximum atomic E-state index is 2.27. The molecule has 0 aliphatic carbocycles. The van der Waals surface area contributed by atoms with Crippen LogP contribution in [0.25, 0.3) is 0 Å². The molecular formula is C8H12S2. The fourth-order valence-electron chi connectivity index (χ4n) is 0.906. The molecule has 1 rings (SSSR count). The van der Waals surface area contributed by atoms with Gasteiger partial charge < -0.3 is 0 Å². The standard InChI is InChI=1S/C8H12S2/c1-4-9-8-5-6(2)10-7(8)3/h5H,4H2,1-3H3. The van der Waals surface area contributed by atoms with Crippen molar-refractivity contribution in [2.45, 2.75) is 25.7 Å². The Bertz CT molecular complexity index is 213. The van der Waals surface area contributed by atoms with E-state index in [0.717, 1.165) is 0 Å². The van der Waals surface area contributed by atoms with Gasteiger partial charge in [-0.05, 0) is 25.7 Å². The summed E-state index contributed by atoms with van der Waals surface area (Å²) in [5.74, 6) is 1.18. The molecule has 2 heteroatoms. The monoisotopic (exact) mass is 172 g/mol. The first-order valence-electron chi connectivity index (χ1n) is 3.44. The summed E-state index contributed by atoms with van der Waals surface area (Å²) >= 11 is 3.82. The molecule has 1 aromatic heterocycles. The maximum absolute atomic E-state index is 2.27. The predicted molar refractivity (Wildman–Crippen MR) is 50.2 cm³/mol. The molecule has 0 atom stereocenters. The molecule has 0 spiro atoms. The predicted octanol–water partition coefficient (Wildman–Crippen LogP) is 3.48. The zero-order chi connectivity index (χ0) is 7.56. The van der Waals surface area contributed by atoms with Crippen molar-refractivity contribution >= 4 is 23.1 Å². The number of aryl methyl sites for hydroxylation is 2. The van der Waals surface area contributed by atoms with Crippen LogP contribution in [-0.4, -0.2) is 5.75 Å². The van der Waals surface area contributed by atoms with Crippen LogP contribution in [0.15, 0.2) is 11.0 Å². The van der Waals surface area contributed by atoms with E-state index in [9.17, 15) is 0 Å². The van der Waals surface area contributed by atoms with E-state index in [4.69, 9.17) is 0 Å². The minimum Gasteiger partial charge on any atom is -0.145 e. The van der Waals surface area contributed by atoms with Crippen LogP contribution in [0, 0.1) is 13.8 Å². The molecule has 0 saturated carbocycles. The molecule has 0 fully saturated rings. The molecule has 0 N–H and O–H groups in total. The number of rotatable bonds is 2. The van der Waals surface area contributed by atoms with E-state index in [1.807, 2.05) is 23.1 Å². The quantitative estimate of drug-likeness (QED) is 0.615. The first-order valence-corrected chi connectivity index (χ1v) is 5.24. The van der Waals surface area contributed by atoms with E-state index >= 15 is 0 Å². The lowest BCUT2D eigenvalue weighted by Gasteiger charge is -1.92. The van der Waals surface area contributed by atoms with E-state index in [1.165, 1.54) is 20.4 Å². The SMILES string of the molecule is CCSc1cc(C)sc1C. The summed E-state index contributed by atoms with van der Waals surface area (Å²) in [7, 11) is 0. The topological polar surface area (TPSA) is 0 Å². The van der Waals surface area contributed by atoms with Crippen LogP contribution >= 0.6 is 23.1 Å². The summed E-state index contributed by atoms with van der Waals surface area (Å²) in [4.78, 5) is 4.35. The highest BCUT2D eigenvalue weighted by Gasteiger charge is 2.00. The van der Waals surface area contributed by atoms with Crippen LogP contribution in [0.3, 0.4) is 0 Å². The second kappa shape index (κ2) is 3.44. The maximum Gasteiger partial charge on any atom is 0.0211 e. The van der Waals surface area contributed by atoms with E-state index < -0.39 is 0 Å². The Morgan fingerprint density at radius 1 is 1.50 bits per heavy atom. The third kappa shape index (κ3) is 1.77. The highest BCUT2D eigenvalue weighted by atomic mass is 32.2. The number of thioether (sulfide) groups is 1. The molecule has 56 valence electrons. The molecule has 1 aromatic rings. The van der Waals surface area contributed by atoms with Gasteiger partial charge in [0.05, 0.1) is 0 Å². The van der Waals surface area contributed by atoms with Gasteiger partial charge in [-0.2, -0.15) is 0 Å². The third-order valence-electron chi connectivity index (χ3n) is 1.30. The molecule has 10 heavy (non-hydrogen) atoms. The highest BCUT2D eigenvalue weighted by molar-refractivity contribution is 7.99. The van der Waals surface area contributed by atoms with E-state index in [1.54, 1.807) is 0 Å². The summed E-state index contributed by atoms with van der Waals surface area (Å²) in [6.45, 7) is 6.55. The summed E-state index contributed by atoms with van der Waals surface area (Å²) in [6.07, 6.45) is 0. The number of hydrogen-bond acceptors (Lipinski definition) is 2. The smallest absolute Gasteiger partial charge is 0.0211 e. The van der Waals surface area contributed by atoms with Gasteiger partial charge in [0.2, 0.25) is 0 Å². The van der Waals surface area contributed by atoms with Crippen molar-refractivity contribution in [1.29, 1.82) is 0 Å². The third-order valence-corrected chi connectivity index (χ3v) is 3.41. The zero-order valence-corrected chi connectivity index (χ0v) is 8.23. The van der Waals surface area contributed by atoms with Gasteiger partial charge in [0.1, 0.15) is 0 Å². The van der Waals surface area contributed by atoms with Gasteiger partial charge in [-0.3, -0.25) is 0 Å². The van der Waals surface area contributed by atoms with Crippen LogP contribution in [-0.2, 0) is 0 Å². The van der Waals surface area contributed by atoms with Crippen LogP contribution in [0.1, 0.15) is 16.7 Å². The van der Waals surface area contributed by atoms with Gasteiger partial charge in [-0.15, -0.1) is 23.1 Å². The Labute approximate surface area is 70.7 Å². The lowest BCUT2D eigenvalue weighted by molar-refractivity contribution is 1.39. The largest absolute Gasteiger partial charge is 0.145 e. The molecule has 0 amide bonds. The zero-order valence-electron chi connectivity index (χ0n) is 6.60. The van der Waals surface area contributed by atoms with Crippen molar-refractivity contribution in [3.63, 3.8) is 0 Å². The molecule has 1 heterocycles. The molecule has 0 aromatic carbocycles. The molecule has 0 bridgehead atoms. The van der Waals surface area contributed by atoms with E-state index in [2.05, 4.69) is 26.8 Å². The van der Waals surface area contributed by atoms with Gasteiger partial charge in [0, 0.05) is 14.6 Å². The molecule has 0 nitrogen and oxygen atoms in total. The van der Waals surface area contributed by atoms with Crippen LogP contribution < -0.4 is 0 Å². The minimum absolute atomic E-state index is 1.18. The number of thiophene rings is 1. The Morgan fingerprint density at radius 2 is 2.20 bits per heavy atom. The van der Waals surface area contributed by atoms with Gasteiger partial charge in [0.25, 0.3) is 0 Å². The Balaban J connectivity index is 2.81. The summed E-state index contributed by atoms with van der Waals surface area (Å²) < 4.78 is 0. The van der Waals surface area contributed by atoms with Crippen molar-refractivity contribution in [2.24, 2.45) is 0 Å². The fourth-order valence-corrected chi connectivity index (χ4v) is 2.88. The summed E-state index contributed by atoms with van der Waals surface area (Å²) in [5.41, 5.74) is 0. The van der Waals surface area contributed by atoms with Crippen molar-refractivity contribution < 1.29 is 0 Å². The van der Waals surface area contributed by atoms with E-state index in [0.29, 0.717) is 0 Å². The normalized spacial score (nSPS) is 10.3. The molecule has 0 radical (unpaired) electrons. The second-order valence-electron chi connectivity index (χ2n) is 2.21. The Morgan fingerprint density at radius 3 is 2.60 bits per heavy atom. The van der Waals surface area contributed by atoms with Gasteiger partial charge in [0.15, 0.2) is 0 Å².